The molecule has 0 spiro atoms. The second-order valence-electron chi connectivity index (χ2n) is 5.97. The number of nitrogens with one attached hydrogen (secondary N) is 2. The van der Waals surface area contributed by atoms with Crippen LogP contribution in [0.25, 0.3) is 0 Å². The monoisotopic (exact) mass is 447 g/mol. The molecule has 0 saturated carbocycles. The first kappa shape index (κ1) is 21.2. The molecule has 1 aromatic rings. The predicted octanol–water partition coefficient (Wildman–Crippen LogP) is 2.97. The number of benzene rings is 1. The zero-order chi connectivity index (χ0) is 16.5. The lowest BCUT2D eigenvalue weighted by molar-refractivity contribution is 0.0925. The second-order valence-corrected chi connectivity index (χ2v) is 5.97. The van der Waals surface area contributed by atoms with Crippen molar-refractivity contribution in [3.63, 3.8) is 0 Å². The van der Waals surface area contributed by atoms with E-state index in [-0.39, 0.29) is 36.1 Å². The molecule has 3 unspecified atom stereocenters. The smallest absolute Gasteiger partial charge is 0.191 e. The first-order valence-corrected chi connectivity index (χ1v) is 8.45. The van der Waals surface area contributed by atoms with Crippen LogP contribution in [-0.4, -0.2) is 45.4 Å². The molecular formula is C18H30IN3O2. The van der Waals surface area contributed by atoms with Gasteiger partial charge in [0.15, 0.2) is 5.96 Å². The first-order chi connectivity index (χ1) is 11.2. The minimum absolute atomic E-state index is 0. The van der Waals surface area contributed by atoms with Crippen molar-refractivity contribution in [3.05, 3.63) is 35.9 Å². The lowest BCUT2D eigenvalue weighted by atomic mass is 9.95. The van der Waals surface area contributed by atoms with Crippen LogP contribution >= 0.6 is 24.0 Å². The number of ether oxygens (including phenoxy) is 2. The molecule has 1 aromatic carbocycles. The third-order valence-corrected chi connectivity index (χ3v) is 3.97. The summed E-state index contributed by atoms with van der Waals surface area (Å²) in [5.74, 6) is 1.27. The highest BCUT2D eigenvalue weighted by atomic mass is 127. The number of aliphatic imine (C=N–C) groups is 1. The largest absolute Gasteiger partial charge is 0.383 e. The summed E-state index contributed by atoms with van der Waals surface area (Å²) >= 11 is 0. The van der Waals surface area contributed by atoms with Crippen molar-refractivity contribution < 1.29 is 9.47 Å². The van der Waals surface area contributed by atoms with E-state index in [1.54, 1.807) is 7.11 Å². The maximum Gasteiger partial charge on any atom is 0.191 e. The lowest BCUT2D eigenvalue weighted by Gasteiger charge is -2.20. The average Bonchev–Trinajstić information content (AvgIpc) is 3.02. The molecule has 0 amide bonds. The van der Waals surface area contributed by atoms with Gasteiger partial charge in [-0.05, 0) is 25.8 Å². The summed E-state index contributed by atoms with van der Waals surface area (Å²) < 4.78 is 11.1. The molecule has 6 heteroatoms. The first-order valence-electron chi connectivity index (χ1n) is 8.45. The van der Waals surface area contributed by atoms with Crippen LogP contribution in [0.1, 0.15) is 31.9 Å². The fourth-order valence-electron chi connectivity index (χ4n) is 2.89. The van der Waals surface area contributed by atoms with E-state index < -0.39 is 0 Å². The van der Waals surface area contributed by atoms with Crippen LogP contribution in [0, 0.1) is 5.92 Å². The lowest BCUT2D eigenvalue weighted by Crippen LogP contribution is -2.44. The molecule has 1 aliphatic rings. The fraction of sp³-hybridized carbons (Fsp3) is 0.611. The molecule has 24 heavy (non-hydrogen) atoms. The van der Waals surface area contributed by atoms with Crippen LogP contribution in [0.3, 0.4) is 0 Å². The van der Waals surface area contributed by atoms with E-state index in [1.165, 1.54) is 5.56 Å². The number of nitrogens with zero attached hydrogens (tertiary/aromatic N) is 1. The Labute approximate surface area is 162 Å². The van der Waals surface area contributed by atoms with Gasteiger partial charge in [0.1, 0.15) is 0 Å². The van der Waals surface area contributed by atoms with Crippen LogP contribution in [0.4, 0.5) is 0 Å². The highest BCUT2D eigenvalue weighted by Gasteiger charge is 2.29. The van der Waals surface area contributed by atoms with Crippen LogP contribution < -0.4 is 10.6 Å². The normalized spacial score (nSPS) is 21.9. The van der Waals surface area contributed by atoms with Crippen LogP contribution in [0.15, 0.2) is 35.3 Å². The van der Waals surface area contributed by atoms with Gasteiger partial charge in [-0.1, -0.05) is 30.3 Å². The summed E-state index contributed by atoms with van der Waals surface area (Å²) in [7, 11) is 1.71. The zero-order valence-electron chi connectivity index (χ0n) is 14.8. The van der Waals surface area contributed by atoms with Gasteiger partial charge in [-0.3, -0.25) is 4.99 Å². The third-order valence-electron chi connectivity index (χ3n) is 3.97. The van der Waals surface area contributed by atoms with Gasteiger partial charge in [-0.25, -0.2) is 0 Å². The summed E-state index contributed by atoms with van der Waals surface area (Å²) in [6, 6.07) is 10.7. The molecule has 3 atom stereocenters. The van der Waals surface area contributed by atoms with Gasteiger partial charge in [-0.15, -0.1) is 24.0 Å². The van der Waals surface area contributed by atoms with Crippen molar-refractivity contribution in [2.75, 3.05) is 33.4 Å². The summed E-state index contributed by atoms with van der Waals surface area (Å²) in [4.78, 5) is 4.75. The van der Waals surface area contributed by atoms with Crippen molar-refractivity contribution in [3.8, 4) is 0 Å². The summed E-state index contributed by atoms with van der Waals surface area (Å²) in [6.07, 6.45) is 1.20. The number of hydrogen-bond acceptors (Lipinski definition) is 3. The molecule has 0 aromatic heterocycles. The van der Waals surface area contributed by atoms with E-state index in [1.807, 2.05) is 6.07 Å². The Morgan fingerprint density at radius 1 is 1.38 bits per heavy atom. The zero-order valence-corrected chi connectivity index (χ0v) is 17.2. The Balaban J connectivity index is 0.00000288. The molecule has 2 N–H and O–H groups in total. The molecule has 1 fully saturated rings. The fourth-order valence-corrected chi connectivity index (χ4v) is 2.89. The van der Waals surface area contributed by atoms with Crippen molar-refractivity contribution in [2.24, 2.45) is 10.9 Å². The van der Waals surface area contributed by atoms with Crippen LogP contribution in [0.5, 0.6) is 0 Å². The second kappa shape index (κ2) is 11.7. The Hall–Kier alpha value is -0.860. The number of methoxy groups -OCH3 is 1. The number of halogens is 1. The molecule has 0 aliphatic carbocycles. The van der Waals surface area contributed by atoms with E-state index in [9.17, 15) is 0 Å². The van der Waals surface area contributed by atoms with Crippen molar-refractivity contribution in [2.45, 2.75) is 32.4 Å². The minimum atomic E-state index is 0. The van der Waals surface area contributed by atoms with Gasteiger partial charge in [0.25, 0.3) is 0 Å². The minimum Gasteiger partial charge on any atom is -0.383 e. The molecule has 1 saturated heterocycles. The Kier molecular flexibility index (Phi) is 10.3. The summed E-state index contributed by atoms with van der Waals surface area (Å²) in [5.41, 5.74) is 1.25. The van der Waals surface area contributed by atoms with E-state index in [4.69, 9.17) is 14.5 Å². The highest BCUT2D eigenvalue weighted by Crippen LogP contribution is 2.34. The number of hydrogen-bond donors (Lipinski definition) is 2. The highest BCUT2D eigenvalue weighted by molar-refractivity contribution is 14.0. The van der Waals surface area contributed by atoms with Gasteiger partial charge in [-0.2, -0.15) is 0 Å². The maximum absolute atomic E-state index is 5.93. The molecule has 2 rings (SSSR count). The predicted molar refractivity (Wildman–Crippen MR) is 109 cm³/mol. The number of guanidine groups is 1. The average molecular weight is 447 g/mol. The topological polar surface area (TPSA) is 54.9 Å². The van der Waals surface area contributed by atoms with Gasteiger partial charge in [0.05, 0.1) is 12.7 Å². The van der Waals surface area contributed by atoms with Crippen LogP contribution in [0.2, 0.25) is 0 Å². The SMILES string of the molecule is CCNC(=NCC1CCOC1c1ccccc1)NC(C)COC.I. The quantitative estimate of drug-likeness (QED) is 0.384. The summed E-state index contributed by atoms with van der Waals surface area (Å²) in [5, 5.41) is 6.66. The molecule has 1 aliphatic heterocycles. The van der Waals surface area contributed by atoms with E-state index >= 15 is 0 Å². The van der Waals surface area contributed by atoms with Crippen molar-refractivity contribution in [1.82, 2.24) is 10.6 Å². The van der Waals surface area contributed by atoms with E-state index in [2.05, 4.69) is 48.7 Å². The molecule has 1 heterocycles. The Morgan fingerprint density at radius 3 is 2.79 bits per heavy atom. The molecule has 5 nitrogen and oxygen atoms in total. The standard InChI is InChI=1S/C18H29N3O2.HI/c1-4-19-18(21-14(2)13-22-3)20-12-16-10-11-23-17(16)15-8-6-5-7-9-15;/h5-9,14,16-17H,4,10-13H2,1-3H3,(H2,19,20,21);1H. The molecule has 0 bridgehead atoms. The summed E-state index contributed by atoms with van der Waals surface area (Å²) in [6.45, 7) is 7.22. The maximum atomic E-state index is 5.93. The van der Waals surface area contributed by atoms with E-state index in [0.717, 1.165) is 32.1 Å². The van der Waals surface area contributed by atoms with Crippen LogP contribution in [-0.2, 0) is 9.47 Å². The van der Waals surface area contributed by atoms with Gasteiger partial charge >= 0.3 is 0 Å². The molecule has 136 valence electrons. The van der Waals surface area contributed by atoms with Gasteiger partial charge in [0.2, 0.25) is 0 Å². The number of rotatable bonds is 7. The van der Waals surface area contributed by atoms with Gasteiger partial charge in [0, 0.05) is 38.8 Å². The molecular weight excluding hydrogens is 417 g/mol. The Bertz CT molecular complexity index is 484. The van der Waals surface area contributed by atoms with Crippen molar-refractivity contribution >= 4 is 29.9 Å². The molecule has 0 radical (unpaired) electrons. The van der Waals surface area contributed by atoms with Crippen molar-refractivity contribution in [1.29, 1.82) is 0 Å². The van der Waals surface area contributed by atoms with Gasteiger partial charge < -0.3 is 20.1 Å². The third kappa shape index (κ3) is 6.57. The van der Waals surface area contributed by atoms with E-state index in [0.29, 0.717) is 12.5 Å². The Morgan fingerprint density at radius 2 is 2.12 bits per heavy atom.